The highest BCUT2D eigenvalue weighted by Crippen LogP contribution is 2.17. The minimum atomic E-state index is 1.07. The first-order valence-electron chi connectivity index (χ1n) is 6.22. The van der Waals surface area contributed by atoms with Crippen LogP contribution in [0.5, 0.6) is 0 Å². The third-order valence-electron chi connectivity index (χ3n) is 2.20. The second kappa shape index (κ2) is 7.91. The van der Waals surface area contributed by atoms with Crippen molar-refractivity contribution in [3.8, 4) is 0 Å². The lowest BCUT2D eigenvalue weighted by Crippen LogP contribution is -1.85. The molecule has 0 aromatic carbocycles. The molecule has 2 nitrogen and oxygen atoms in total. The van der Waals surface area contributed by atoms with Gasteiger partial charge in [0.15, 0.2) is 0 Å². The smallest absolute Gasteiger partial charge is 0.139 e. The molecule has 0 N–H and O–H groups in total. The van der Waals surface area contributed by atoms with Crippen LogP contribution >= 0.6 is 0 Å². The maximum atomic E-state index is 4.31. The van der Waals surface area contributed by atoms with Crippen LogP contribution in [-0.2, 0) is 13.5 Å². The van der Waals surface area contributed by atoms with Gasteiger partial charge < -0.3 is 4.57 Å². The van der Waals surface area contributed by atoms with E-state index < -0.39 is 0 Å². The number of rotatable bonds is 1. The van der Waals surface area contributed by atoms with E-state index >= 15 is 0 Å². The van der Waals surface area contributed by atoms with E-state index in [4.69, 9.17) is 0 Å². The molecular weight excluding hydrogens is 196 g/mol. The van der Waals surface area contributed by atoms with E-state index in [0.29, 0.717) is 0 Å². The zero-order valence-corrected chi connectivity index (χ0v) is 11.4. The molecule has 0 radical (unpaired) electrons. The molecular formula is C14H24N2. The van der Waals surface area contributed by atoms with Crippen LogP contribution in [0.1, 0.15) is 40.2 Å². The first-order valence-corrected chi connectivity index (χ1v) is 6.22. The molecule has 0 amide bonds. The Morgan fingerprint density at radius 2 is 1.81 bits per heavy atom. The molecule has 2 heteroatoms. The molecule has 0 saturated heterocycles. The number of hydrogen-bond donors (Lipinski definition) is 0. The van der Waals surface area contributed by atoms with E-state index in [-0.39, 0.29) is 0 Å². The lowest BCUT2D eigenvalue weighted by molar-refractivity contribution is 0.937. The van der Waals surface area contributed by atoms with E-state index in [1.807, 2.05) is 47.0 Å². The Labute approximate surface area is 99.3 Å². The van der Waals surface area contributed by atoms with Crippen molar-refractivity contribution in [2.75, 3.05) is 0 Å². The Kier molecular flexibility index (Phi) is 7.27. The van der Waals surface area contributed by atoms with Gasteiger partial charge in [-0.15, -0.1) is 0 Å². The third-order valence-corrected chi connectivity index (χ3v) is 2.20. The molecule has 0 spiro atoms. The molecule has 0 bridgehead atoms. The minimum Gasteiger partial charge on any atom is -0.335 e. The largest absolute Gasteiger partial charge is 0.335 e. The van der Waals surface area contributed by atoms with Gasteiger partial charge in [-0.2, -0.15) is 0 Å². The van der Waals surface area contributed by atoms with E-state index in [1.54, 1.807) is 0 Å². The number of aryl methyl sites for hydroxylation is 2. The van der Waals surface area contributed by atoms with Crippen molar-refractivity contribution in [2.45, 2.75) is 41.0 Å². The average Bonchev–Trinajstić information content (AvgIpc) is 2.72. The normalized spacial score (nSPS) is 8.88. The van der Waals surface area contributed by atoms with E-state index in [9.17, 15) is 0 Å². The molecule has 0 aliphatic carbocycles. The van der Waals surface area contributed by atoms with Gasteiger partial charge in [0.1, 0.15) is 5.65 Å². The standard InChI is InChI=1S/C10H12N2.2C2H6/c1-3-8-7-12(2)10-9(8)5-4-6-11-10;2*1-2/h4-7H,3H2,1-2H3;2*1-2H3. The molecule has 2 heterocycles. The molecule has 0 saturated carbocycles. The van der Waals surface area contributed by atoms with E-state index in [1.165, 1.54) is 10.9 Å². The monoisotopic (exact) mass is 220 g/mol. The summed E-state index contributed by atoms with van der Waals surface area (Å²) >= 11 is 0. The van der Waals surface area contributed by atoms with Gasteiger partial charge in [0, 0.05) is 24.8 Å². The van der Waals surface area contributed by atoms with Gasteiger partial charge in [0.05, 0.1) is 0 Å². The predicted octanol–water partition coefficient (Wildman–Crippen LogP) is 4.19. The van der Waals surface area contributed by atoms with Gasteiger partial charge in [-0.3, -0.25) is 0 Å². The molecule has 0 unspecified atom stereocenters. The van der Waals surface area contributed by atoms with Crippen LogP contribution in [0, 0.1) is 0 Å². The summed E-state index contributed by atoms with van der Waals surface area (Å²) in [6.45, 7) is 10.2. The maximum absolute atomic E-state index is 4.31. The highest BCUT2D eigenvalue weighted by molar-refractivity contribution is 5.80. The zero-order chi connectivity index (χ0) is 12.6. The second-order valence-corrected chi connectivity index (χ2v) is 2.99. The van der Waals surface area contributed by atoms with Crippen molar-refractivity contribution in [3.05, 3.63) is 30.1 Å². The lowest BCUT2D eigenvalue weighted by Gasteiger charge is -1.92. The van der Waals surface area contributed by atoms with E-state index in [0.717, 1.165) is 12.1 Å². The van der Waals surface area contributed by atoms with E-state index in [2.05, 4.69) is 28.7 Å². The molecule has 0 aliphatic heterocycles. The summed E-state index contributed by atoms with van der Waals surface area (Å²) in [4.78, 5) is 4.31. The summed E-state index contributed by atoms with van der Waals surface area (Å²) < 4.78 is 2.08. The summed E-state index contributed by atoms with van der Waals surface area (Å²) in [7, 11) is 2.04. The van der Waals surface area contributed by atoms with Crippen LogP contribution in [0.15, 0.2) is 24.5 Å². The second-order valence-electron chi connectivity index (χ2n) is 2.99. The van der Waals surface area contributed by atoms with Crippen molar-refractivity contribution >= 4 is 11.0 Å². The molecule has 0 atom stereocenters. The van der Waals surface area contributed by atoms with Crippen molar-refractivity contribution in [1.29, 1.82) is 0 Å². The summed E-state index contributed by atoms with van der Waals surface area (Å²) in [6, 6.07) is 4.11. The SMILES string of the molecule is CC.CC.CCc1cn(C)c2ncccc12. The van der Waals surface area contributed by atoms with Crippen LogP contribution in [-0.4, -0.2) is 9.55 Å². The number of aromatic nitrogens is 2. The fraction of sp³-hybridized carbons (Fsp3) is 0.500. The Morgan fingerprint density at radius 1 is 1.19 bits per heavy atom. The van der Waals surface area contributed by atoms with Crippen molar-refractivity contribution in [2.24, 2.45) is 7.05 Å². The first kappa shape index (κ1) is 14.7. The van der Waals surface area contributed by atoms with Crippen LogP contribution in [0.3, 0.4) is 0 Å². The van der Waals surface area contributed by atoms with Gasteiger partial charge in [0.25, 0.3) is 0 Å². The molecule has 90 valence electrons. The van der Waals surface area contributed by atoms with Crippen LogP contribution in [0.25, 0.3) is 11.0 Å². The third kappa shape index (κ3) is 3.09. The maximum Gasteiger partial charge on any atom is 0.139 e. The molecule has 2 aromatic rings. The lowest BCUT2D eigenvalue weighted by atomic mass is 10.2. The Morgan fingerprint density at radius 3 is 2.38 bits per heavy atom. The minimum absolute atomic E-state index is 1.07. The summed E-state index contributed by atoms with van der Waals surface area (Å²) in [6.07, 6.45) is 5.06. The summed E-state index contributed by atoms with van der Waals surface area (Å²) in [5, 5.41) is 1.28. The van der Waals surface area contributed by atoms with Gasteiger partial charge in [-0.05, 0) is 24.1 Å². The van der Waals surface area contributed by atoms with Crippen LogP contribution < -0.4 is 0 Å². The van der Waals surface area contributed by atoms with Gasteiger partial charge in [-0.25, -0.2) is 4.98 Å². The van der Waals surface area contributed by atoms with Gasteiger partial charge >= 0.3 is 0 Å². The van der Waals surface area contributed by atoms with Crippen molar-refractivity contribution in [1.82, 2.24) is 9.55 Å². The zero-order valence-electron chi connectivity index (χ0n) is 11.4. The molecule has 0 fully saturated rings. The van der Waals surface area contributed by atoms with Crippen LogP contribution in [0.4, 0.5) is 0 Å². The average molecular weight is 220 g/mol. The predicted molar refractivity (Wildman–Crippen MR) is 72.8 cm³/mol. The van der Waals surface area contributed by atoms with Crippen LogP contribution in [0.2, 0.25) is 0 Å². The highest BCUT2D eigenvalue weighted by atomic mass is 15.0. The molecule has 0 aliphatic rings. The molecule has 2 aromatic heterocycles. The summed E-state index contributed by atoms with van der Waals surface area (Å²) in [5.41, 5.74) is 2.45. The number of fused-ring (bicyclic) bond motifs is 1. The topological polar surface area (TPSA) is 17.8 Å². The van der Waals surface area contributed by atoms with Crippen molar-refractivity contribution < 1.29 is 0 Å². The Bertz CT molecular complexity index is 402. The first-order chi connectivity index (χ1) is 7.83. The number of nitrogens with zero attached hydrogens (tertiary/aromatic N) is 2. The fourth-order valence-corrected chi connectivity index (χ4v) is 1.57. The summed E-state index contributed by atoms with van der Waals surface area (Å²) in [5.74, 6) is 0. The Balaban J connectivity index is 0.000000509. The highest BCUT2D eigenvalue weighted by Gasteiger charge is 2.03. The number of hydrogen-bond acceptors (Lipinski definition) is 1. The van der Waals surface area contributed by atoms with Gasteiger partial charge in [-0.1, -0.05) is 34.6 Å². The Hall–Kier alpha value is -1.31. The quantitative estimate of drug-likeness (QED) is 0.704. The number of pyridine rings is 1. The molecule has 16 heavy (non-hydrogen) atoms. The van der Waals surface area contributed by atoms with Gasteiger partial charge in [0.2, 0.25) is 0 Å². The van der Waals surface area contributed by atoms with Crippen molar-refractivity contribution in [3.63, 3.8) is 0 Å². The fourth-order valence-electron chi connectivity index (χ4n) is 1.57. The molecule has 2 rings (SSSR count).